The molecule has 2 aromatic heterocycles. The van der Waals surface area contributed by atoms with Gasteiger partial charge in [-0.25, -0.2) is 18.6 Å². The third-order valence-electron chi connectivity index (χ3n) is 6.81. The molecule has 1 aromatic carbocycles. The molecule has 0 radical (unpaired) electrons. The molecule has 13 heteroatoms. The Bertz CT molecular complexity index is 1470. The number of methoxy groups -OCH3 is 1. The zero-order valence-electron chi connectivity index (χ0n) is 19.6. The number of carbonyl (C=O) groups excluding carboxylic acids is 3. The zero-order valence-corrected chi connectivity index (χ0v) is 19.6. The summed E-state index contributed by atoms with van der Waals surface area (Å²) in [5.74, 6) is -2.87. The maximum Gasteiger partial charge on any atom is 0.322 e. The first-order valence-electron chi connectivity index (χ1n) is 11.5. The maximum atomic E-state index is 14.9. The summed E-state index contributed by atoms with van der Waals surface area (Å²) in [6, 6.07) is 4.78. The van der Waals surface area contributed by atoms with Crippen molar-refractivity contribution in [2.75, 3.05) is 44.9 Å². The van der Waals surface area contributed by atoms with Gasteiger partial charge in [0.15, 0.2) is 34.3 Å². The van der Waals surface area contributed by atoms with Gasteiger partial charge in [-0.2, -0.15) is 0 Å². The van der Waals surface area contributed by atoms with E-state index in [0.29, 0.717) is 31.9 Å². The van der Waals surface area contributed by atoms with Crippen LogP contribution < -0.4 is 20.3 Å². The van der Waals surface area contributed by atoms with Crippen molar-refractivity contribution in [2.24, 2.45) is 0 Å². The van der Waals surface area contributed by atoms with Crippen LogP contribution >= 0.6 is 0 Å². The molecular formula is C24H21F2N5O6. The highest BCUT2D eigenvalue weighted by atomic mass is 19.1. The summed E-state index contributed by atoms with van der Waals surface area (Å²) in [4.78, 5) is 45.8. The molecule has 0 aliphatic carbocycles. The van der Waals surface area contributed by atoms with Crippen molar-refractivity contribution < 1.29 is 37.1 Å². The van der Waals surface area contributed by atoms with Crippen molar-refractivity contribution in [1.82, 2.24) is 20.5 Å². The molecule has 6 rings (SSSR count). The molecule has 5 heterocycles. The second-order valence-corrected chi connectivity index (χ2v) is 8.98. The highest BCUT2D eigenvalue weighted by Gasteiger charge is 2.53. The number of furan rings is 1. The number of pyridine rings is 1. The summed E-state index contributed by atoms with van der Waals surface area (Å²) in [6.45, 7) is 1.42. The number of hydrogen-bond acceptors (Lipinski definition) is 8. The van der Waals surface area contributed by atoms with Crippen molar-refractivity contribution in [2.45, 2.75) is 12.1 Å². The molecule has 3 aliphatic heterocycles. The normalized spacial score (nSPS) is 21.4. The van der Waals surface area contributed by atoms with Gasteiger partial charge in [-0.1, -0.05) is 6.07 Å². The fourth-order valence-corrected chi connectivity index (χ4v) is 4.96. The second-order valence-electron chi connectivity index (χ2n) is 8.98. The number of aromatic nitrogens is 1. The van der Waals surface area contributed by atoms with E-state index >= 15 is 0 Å². The topological polar surface area (TPSA) is 126 Å². The lowest BCUT2D eigenvalue weighted by molar-refractivity contribution is -0.125. The number of urea groups is 1. The molecule has 2 fully saturated rings. The number of anilines is 1. The lowest BCUT2D eigenvalue weighted by Crippen LogP contribution is -2.52. The SMILES string of the molecule is COc1ccc2c(c1F)C(=O)N(CC1(c3cc4nc(N5CCOCC5)c(F)cc4o3)NC(=O)NC1=O)C2. The van der Waals surface area contributed by atoms with Gasteiger partial charge in [0.1, 0.15) is 11.3 Å². The number of rotatable bonds is 5. The van der Waals surface area contributed by atoms with E-state index < -0.39 is 35.0 Å². The van der Waals surface area contributed by atoms with Gasteiger partial charge in [0.25, 0.3) is 11.8 Å². The highest BCUT2D eigenvalue weighted by Crippen LogP contribution is 2.36. The van der Waals surface area contributed by atoms with Gasteiger partial charge >= 0.3 is 6.03 Å². The van der Waals surface area contributed by atoms with E-state index in [2.05, 4.69) is 15.6 Å². The van der Waals surface area contributed by atoms with Crippen LogP contribution in [0.25, 0.3) is 11.1 Å². The van der Waals surface area contributed by atoms with Gasteiger partial charge < -0.3 is 29.0 Å². The Kier molecular flexibility index (Phi) is 5.26. The van der Waals surface area contributed by atoms with Gasteiger partial charge in [-0.15, -0.1) is 0 Å². The number of halogens is 2. The molecular weight excluding hydrogens is 492 g/mol. The van der Waals surface area contributed by atoms with Crippen LogP contribution in [0.4, 0.5) is 19.4 Å². The standard InChI is InChI=1S/C24H21F2N5O6/c1-35-15-3-2-12-10-31(21(32)18(12)19(15)26)11-24(22(33)28-23(34)29-24)17-9-14-16(37-17)8-13(25)20(27-14)30-4-6-36-7-5-30/h2-3,8-9H,4-7,10-11H2,1H3,(H2,28,29,33,34). The van der Waals surface area contributed by atoms with Gasteiger partial charge in [-0.3, -0.25) is 14.9 Å². The molecule has 0 spiro atoms. The Morgan fingerprint density at radius 3 is 2.65 bits per heavy atom. The van der Waals surface area contributed by atoms with E-state index in [4.69, 9.17) is 13.9 Å². The smallest absolute Gasteiger partial charge is 0.322 e. The average Bonchev–Trinajstić information content (AvgIpc) is 3.53. The summed E-state index contributed by atoms with van der Waals surface area (Å²) >= 11 is 0. The molecule has 192 valence electrons. The minimum Gasteiger partial charge on any atom is -0.494 e. The molecule has 4 amide bonds. The van der Waals surface area contributed by atoms with Gasteiger partial charge in [0.05, 0.1) is 32.4 Å². The van der Waals surface area contributed by atoms with Crippen LogP contribution in [0, 0.1) is 11.6 Å². The summed E-state index contributed by atoms with van der Waals surface area (Å²) in [7, 11) is 1.29. The molecule has 11 nitrogen and oxygen atoms in total. The van der Waals surface area contributed by atoms with Crippen LogP contribution in [0.5, 0.6) is 5.75 Å². The van der Waals surface area contributed by atoms with E-state index in [-0.39, 0.29) is 47.1 Å². The monoisotopic (exact) mass is 513 g/mol. The average molecular weight is 513 g/mol. The number of fused-ring (bicyclic) bond motifs is 2. The summed E-state index contributed by atoms with van der Waals surface area (Å²) in [5, 5.41) is 4.71. The molecule has 1 unspecified atom stereocenters. The van der Waals surface area contributed by atoms with Crippen LogP contribution in [0.15, 0.2) is 28.7 Å². The third kappa shape index (κ3) is 3.56. The van der Waals surface area contributed by atoms with Crippen molar-refractivity contribution in [1.29, 1.82) is 0 Å². The molecule has 0 saturated carbocycles. The predicted octanol–water partition coefficient (Wildman–Crippen LogP) is 1.64. The number of imide groups is 1. The minimum atomic E-state index is -1.84. The number of ether oxygens (including phenoxy) is 2. The van der Waals surface area contributed by atoms with E-state index in [1.54, 1.807) is 11.0 Å². The highest BCUT2D eigenvalue weighted by molar-refractivity contribution is 6.08. The molecule has 2 saturated heterocycles. The molecule has 3 aliphatic rings. The van der Waals surface area contributed by atoms with E-state index in [0.717, 1.165) is 6.07 Å². The molecule has 2 N–H and O–H groups in total. The number of benzene rings is 1. The van der Waals surface area contributed by atoms with Crippen molar-refractivity contribution >= 4 is 34.8 Å². The van der Waals surface area contributed by atoms with Crippen molar-refractivity contribution in [3.8, 4) is 5.75 Å². The number of hydrogen-bond donors (Lipinski definition) is 2. The maximum absolute atomic E-state index is 14.9. The largest absolute Gasteiger partial charge is 0.494 e. The number of carbonyl (C=O) groups is 3. The van der Waals surface area contributed by atoms with E-state index in [1.807, 2.05) is 0 Å². The quantitative estimate of drug-likeness (QED) is 0.494. The first-order chi connectivity index (χ1) is 17.8. The first-order valence-corrected chi connectivity index (χ1v) is 11.5. The first kappa shape index (κ1) is 23.2. The molecule has 1 atom stereocenters. The van der Waals surface area contributed by atoms with E-state index in [1.165, 1.54) is 24.1 Å². The Labute approximate surface area is 208 Å². The molecule has 0 bridgehead atoms. The summed E-state index contributed by atoms with van der Waals surface area (Å²) in [6.07, 6.45) is 0. The molecule has 37 heavy (non-hydrogen) atoms. The molecule has 3 aromatic rings. The van der Waals surface area contributed by atoms with Crippen LogP contribution in [0.1, 0.15) is 21.7 Å². The van der Waals surface area contributed by atoms with Crippen LogP contribution in [-0.2, 0) is 21.6 Å². The van der Waals surface area contributed by atoms with Gasteiger partial charge in [0, 0.05) is 31.8 Å². The van der Waals surface area contributed by atoms with Crippen molar-refractivity contribution in [3.63, 3.8) is 0 Å². The fraction of sp³-hybridized carbons (Fsp3) is 0.333. The fourth-order valence-electron chi connectivity index (χ4n) is 4.96. The van der Waals surface area contributed by atoms with Gasteiger partial charge in [-0.05, 0) is 11.6 Å². The Balaban J connectivity index is 1.38. The lowest BCUT2D eigenvalue weighted by Gasteiger charge is -2.28. The van der Waals surface area contributed by atoms with Crippen LogP contribution in [0.3, 0.4) is 0 Å². The number of nitrogens with one attached hydrogen (secondary N) is 2. The second kappa shape index (κ2) is 8.40. The number of morpholine rings is 1. The third-order valence-corrected chi connectivity index (χ3v) is 6.81. The van der Waals surface area contributed by atoms with E-state index in [9.17, 15) is 23.2 Å². The Hall–Kier alpha value is -4.26. The minimum absolute atomic E-state index is 0.00569. The Morgan fingerprint density at radius 2 is 1.95 bits per heavy atom. The van der Waals surface area contributed by atoms with Gasteiger partial charge in [0.2, 0.25) is 0 Å². The van der Waals surface area contributed by atoms with Crippen LogP contribution in [0.2, 0.25) is 0 Å². The number of amides is 4. The predicted molar refractivity (Wildman–Crippen MR) is 123 cm³/mol. The summed E-state index contributed by atoms with van der Waals surface area (Å²) < 4.78 is 45.9. The Morgan fingerprint density at radius 1 is 1.16 bits per heavy atom. The van der Waals surface area contributed by atoms with Crippen molar-refractivity contribution in [3.05, 3.63) is 52.8 Å². The lowest BCUT2D eigenvalue weighted by atomic mass is 9.95. The summed E-state index contributed by atoms with van der Waals surface area (Å²) in [5.41, 5.74) is -1.27. The zero-order chi connectivity index (χ0) is 25.9. The van der Waals surface area contributed by atoms with Crippen LogP contribution in [-0.4, -0.2) is 67.7 Å². The number of nitrogens with zero attached hydrogens (tertiary/aromatic N) is 3.